The van der Waals surface area contributed by atoms with Crippen LogP contribution in [0.2, 0.25) is 0 Å². The lowest BCUT2D eigenvalue weighted by atomic mass is 10.0. The first-order chi connectivity index (χ1) is 9.20. The third-order valence-corrected chi connectivity index (χ3v) is 2.72. The summed E-state index contributed by atoms with van der Waals surface area (Å²) in [6.07, 6.45) is 3.42. The molecule has 1 unspecified atom stereocenters. The molecule has 0 aliphatic carbocycles. The maximum Gasteiger partial charge on any atom is 0.387 e. The number of ether oxygens (including phenoxy) is 1. The van der Waals surface area contributed by atoms with Crippen molar-refractivity contribution in [1.82, 2.24) is 10.3 Å². The number of rotatable bonds is 5. The number of aromatic nitrogens is 1. The third-order valence-electron chi connectivity index (χ3n) is 2.72. The number of nitrogens with one attached hydrogen (secondary N) is 1. The fraction of sp³-hybridized carbons (Fsp3) is 0.214. The molecule has 1 atom stereocenters. The standard InChI is InChI=1S/C14H14F2N2O/c1-17-13(11-5-3-7-18-9-11)10-4-2-6-12(8-10)19-14(15)16/h2-9,13-14,17H,1H3. The lowest BCUT2D eigenvalue weighted by molar-refractivity contribution is -0.0498. The van der Waals surface area contributed by atoms with Gasteiger partial charge in [0.25, 0.3) is 0 Å². The van der Waals surface area contributed by atoms with Crippen LogP contribution in [0.15, 0.2) is 48.8 Å². The summed E-state index contributed by atoms with van der Waals surface area (Å²) in [7, 11) is 1.80. The molecule has 100 valence electrons. The second-order valence-electron chi connectivity index (χ2n) is 3.96. The number of pyridine rings is 1. The van der Waals surface area contributed by atoms with Crippen molar-refractivity contribution in [2.45, 2.75) is 12.7 Å². The molecule has 0 saturated heterocycles. The van der Waals surface area contributed by atoms with Gasteiger partial charge in [-0.15, -0.1) is 0 Å². The van der Waals surface area contributed by atoms with E-state index in [0.717, 1.165) is 11.1 Å². The van der Waals surface area contributed by atoms with Gasteiger partial charge in [0, 0.05) is 12.4 Å². The second kappa shape index (κ2) is 6.24. The monoisotopic (exact) mass is 264 g/mol. The number of nitrogens with zero attached hydrogens (tertiary/aromatic N) is 1. The molecule has 2 rings (SSSR count). The molecule has 2 aromatic rings. The van der Waals surface area contributed by atoms with Crippen LogP contribution in [0.3, 0.4) is 0 Å². The fourth-order valence-electron chi connectivity index (χ4n) is 1.94. The third kappa shape index (κ3) is 3.48. The normalized spacial score (nSPS) is 12.4. The molecular formula is C14H14F2N2O. The summed E-state index contributed by atoms with van der Waals surface area (Å²) in [6, 6.07) is 10.3. The van der Waals surface area contributed by atoms with Crippen LogP contribution in [0.25, 0.3) is 0 Å². The van der Waals surface area contributed by atoms with Gasteiger partial charge in [0.15, 0.2) is 0 Å². The number of halogens is 2. The molecule has 0 amide bonds. The van der Waals surface area contributed by atoms with Gasteiger partial charge in [0.2, 0.25) is 0 Å². The topological polar surface area (TPSA) is 34.2 Å². The minimum atomic E-state index is -2.82. The second-order valence-corrected chi connectivity index (χ2v) is 3.96. The highest BCUT2D eigenvalue weighted by Crippen LogP contribution is 2.25. The first-order valence-corrected chi connectivity index (χ1v) is 5.82. The van der Waals surface area contributed by atoms with Gasteiger partial charge in [-0.3, -0.25) is 4.98 Å². The number of alkyl halides is 2. The van der Waals surface area contributed by atoms with Crippen molar-refractivity contribution in [2.24, 2.45) is 0 Å². The van der Waals surface area contributed by atoms with Crippen molar-refractivity contribution >= 4 is 0 Å². The molecule has 0 aliphatic heterocycles. The SMILES string of the molecule is CNC(c1cccnc1)c1cccc(OC(F)F)c1. The molecular weight excluding hydrogens is 250 g/mol. The zero-order valence-electron chi connectivity index (χ0n) is 10.4. The quantitative estimate of drug-likeness (QED) is 0.901. The van der Waals surface area contributed by atoms with E-state index in [4.69, 9.17) is 0 Å². The highest BCUT2D eigenvalue weighted by molar-refractivity contribution is 5.35. The van der Waals surface area contributed by atoms with Crippen LogP contribution in [0.5, 0.6) is 5.75 Å². The Balaban J connectivity index is 2.28. The highest BCUT2D eigenvalue weighted by atomic mass is 19.3. The van der Waals surface area contributed by atoms with E-state index in [9.17, 15) is 8.78 Å². The summed E-state index contributed by atoms with van der Waals surface area (Å²) in [5.41, 5.74) is 1.80. The molecule has 1 aromatic carbocycles. The Hall–Kier alpha value is -2.01. The highest BCUT2D eigenvalue weighted by Gasteiger charge is 2.13. The molecule has 0 saturated carbocycles. The minimum absolute atomic E-state index is 0.116. The van der Waals surface area contributed by atoms with E-state index in [1.54, 1.807) is 31.6 Å². The van der Waals surface area contributed by atoms with Gasteiger partial charge in [-0.1, -0.05) is 18.2 Å². The van der Waals surface area contributed by atoms with Crippen LogP contribution >= 0.6 is 0 Å². The molecule has 5 heteroatoms. The van der Waals surface area contributed by atoms with Gasteiger partial charge >= 0.3 is 6.61 Å². The van der Waals surface area contributed by atoms with E-state index in [1.165, 1.54) is 6.07 Å². The number of hydrogen-bond acceptors (Lipinski definition) is 3. The van der Waals surface area contributed by atoms with Gasteiger partial charge in [0.05, 0.1) is 6.04 Å². The van der Waals surface area contributed by atoms with Crippen LogP contribution < -0.4 is 10.1 Å². The molecule has 1 N–H and O–H groups in total. The Labute approximate surface area is 110 Å². The first-order valence-electron chi connectivity index (χ1n) is 5.82. The van der Waals surface area contributed by atoms with E-state index in [2.05, 4.69) is 15.0 Å². The lowest BCUT2D eigenvalue weighted by Gasteiger charge is -2.17. The number of hydrogen-bond donors (Lipinski definition) is 1. The van der Waals surface area contributed by atoms with E-state index >= 15 is 0 Å². The molecule has 0 bridgehead atoms. The Morgan fingerprint density at radius 2 is 1.95 bits per heavy atom. The van der Waals surface area contributed by atoms with Crippen LogP contribution in [0, 0.1) is 0 Å². The van der Waals surface area contributed by atoms with Crippen molar-refractivity contribution < 1.29 is 13.5 Å². The largest absolute Gasteiger partial charge is 0.435 e. The van der Waals surface area contributed by atoms with Crippen LogP contribution in [0.1, 0.15) is 17.2 Å². The summed E-state index contributed by atoms with van der Waals surface area (Å²) in [5.74, 6) is 0.150. The molecule has 19 heavy (non-hydrogen) atoms. The van der Waals surface area contributed by atoms with Gasteiger partial charge in [-0.05, 0) is 36.4 Å². The summed E-state index contributed by atoms with van der Waals surface area (Å²) >= 11 is 0. The molecule has 1 aromatic heterocycles. The van der Waals surface area contributed by atoms with Gasteiger partial charge in [-0.2, -0.15) is 8.78 Å². The Kier molecular flexibility index (Phi) is 4.41. The number of benzene rings is 1. The zero-order valence-corrected chi connectivity index (χ0v) is 10.4. The maximum atomic E-state index is 12.2. The van der Waals surface area contributed by atoms with Crippen molar-refractivity contribution in [3.05, 3.63) is 59.9 Å². The zero-order chi connectivity index (χ0) is 13.7. The van der Waals surface area contributed by atoms with Crippen LogP contribution in [0.4, 0.5) is 8.78 Å². The Morgan fingerprint density at radius 3 is 2.58 bits per heavy atom. The van der Waals surface area contributed by atoms with Crippen molar-refractivity contribution in [3.8, 4) is 5.75 Å². The molecule has 0 spiro atoms. The molecule has 0 radical (unpaired) electrons. The smallest absolute Gasteiger partial charge is 0.387 e. The average molecular weight is 264 g/mol. The summed E-state index contributed by atoms with van der Waals surface area (Å²) in [6.45, 7) is -2.82. The van der Waals surface area contributed by atoms with Gasteiger partial charge < -0.3 is 10.1 Å². The van der Waals surface area contributed by atoms with Crippen molar-refractivity contribution in [2.75, 3.05) is 7.05 Å². The Bertz CT molecular complexity index is 520. The Morgan fingerprint density at radius 1 is 1.16 bits per heavy atom. The molecule has 1 heterocycles. The van der Waals surface area contributed by atoms with Crippen molar-refractivity contribution in [3.63, 3.8) is 0 Å². The van der Waals surface area contributed by atoms with E-state index in [1.807, 2.05) is 18.2 Å². The van der Waals surface area contributed by atoms with Crippen molar-refractivity contribution in [1.29, 1.82) is 0 Å². The summed E-state index contributed by atoms with van der Waals surface area (Å²) in [4.78, 5) is 4.06. The fourth-order valence-corrected chi connectivity index (χ4v) is 1.94. The van der Waals surface area contributed by atoms with E-state index in [-0.39, 0.29) is 11.8 Å². The first kappa shape index (κ1) is 13.4. The van der Waals surface area contributed by atoms with Crippen LogP contribution in [-0.2, 0) is 0 Å². The van der Waals surface area contributed by atoms with Gasteiger partial charge in [-0.25, -0.2) is 0 Å². The predicted molar refractivity (Wildman–Crippen MR) is 68.2 cm³/mol. The van der Waals surface area contributed by atoms with E-state index in [0.29, 0.717) is 0 Å². The molecule has 0 aliphatic rings. The molecule has 0 fully saturated rings. The summed E-state index contributed by atoms with van der Waals surface area (Å²) in [5, 5.41) is 3.13. The average Bonchev–Trinajstić information content (AvgIpc) is 2.40. The molecule has 3 nitrogen and oxygen atoms in total. The van der Waals surface area contributed by atoms with E-state index < -0.39 is 6.61 Å². The van der Waals surface area contributed by atoms with Gasteiger partial charge in [0.1, 0.15) is 5.75 Å². The minimum Gasteiger partial charge on any atom is -0.435 e. The van der Waals surface area contributed by atoms with Crippen LogP contribution in [-0.4, -0.2) is 18.6 Å². The lowest BCUT2D eigenvalue weighted by Crippen LogP contribution is -2.17. The summed E-state index contributed by atoms with van der Waals surface area (Å²) < 4.78 is 28.8. The predicted octanol–water partition coefficient (Wildman–Crippen LogP) is 2.99. The maximum absolute atomic E-state index is 12.2.